The molecule has 6 heteroatoms. The van der Waals surface area contributed by atoms with Crippen LogP contribution in [0.1, 0.15) is 45.4 Å². The van der Waals surface area contributed by atoms with Crippen molar-refractivity contribution in [2.45, 2.75) is 51.0 Å². The number of urea groups is 1. The van der Waals surface area contributed by atoms with Gasteiger partial charge in [0.15, 0.2) is 5.84 Å². The van der Waals surface area contributed by atoms with Gasteiger partial charge in [0, 0.05) is 13.1 Å². The molecule has 1 aliphatic heterocycles. The van der Waals surface area contributed by atoms with Gasteiger partial charge in [-0.1, -0.05) is 24.9 Å². The summed E-state index contributed by atoms with van der Waals surface area (Å²) in [6.07, 6.45) is 5.70. The summed E-state index contributed by atoms with van der Waals surface area (Å²) in [5, 5.41) is 15.0. The van der Waals surface area contributed by atoms with Crippen molar-refractivity contribution in [1.82, 2.24) is 10.2 Å². The smallest absolute Gasteiger partial charge is 0.318 e. The van der Waals surface area contributed by atoms with Crippen molar-refractivity contribution < 1.29 is 10.0 Å². The lowest BCUT2D eigenvalue weighted by Gasteiger charge is -2.35. The molecule has 0 aromatic rings. The third-order valence-corrected chi connectivity index (χ3v) is 4.35. The maximum atomic E-state index is 12.3. The fourth-order valence-electron chi connectivity index (χ4n) is 3.18. The highest BCUT2D eigenvalue weighted by molar-refractivity contribution is 5.93. The summed E-state index contributed by atoms with van der Waals surface area (Å²) in [5.74, 6) is 0.672. The van der Waals surface area contributed by atoms with Crippen LogP contribution in [-0.4, -0.2) is 40.6 Å². The predicted molar refractivity (Wildman–Crippen MR) is 73.1 cm³/mol. The minimum atomic E-state index is -0.646. The molecule has 0 radical (unpaired) electrons. The molecule has 1 aliphatic carbocycles. The number of hydrogen-bond acceptors (Lipinski definition) is 3. The van der Waals surface area contributed by atoms with Crippen LogP contribution < -0.4 is 11.1 Å². The highest BCUT2D eigenvalue weighted by atomic mass is 16.4. The summed E-state index contributed by atoms with van der Waals surface area (Å²) in [6.45, 7) is 3.74. The van der Waals surface area contributed by atoms with Crippen LogP contribution in [0.4, 0.5) is 4.79 Å². The minimum absolute atomic E-state index is 0.0833. The Kier molecular flexibility index (Phi) is 4.17. The van der Waals surface area contributed by atoms with E-state index in [1.54, 1.807) is 0 Å². The van der Waals surface area contributed by atoms with E-state index >= 15 is 0 Å². The minimum Gasteiger partial charge on any atom is -0.409 e. The maximum Gasteiger partial charge on any atom is 0.318 e. The molecular formula is C13H24N4O2. The van der Waals surface area contributed by atoms with Crippen LogP contribution in [0.5, 0.6) is 0 Å². The first-order valence-corrected chi connectivity index (χ1v) is 7.12. The summed E-state index contributed by atoms with van der Waals surface area (Å²) in [6, 6.07) is -0.0833. The van der Waals surface area contributed by atoms with Crippen LogP contribution in [0.2, 0.25) is 0 Å². The lowest BCUT2D eigenvalue weighted by molar-refractivity contribution is 0.163. The lowest BCUT2D eigenvalue weighted by atomic mass is 9.96. The molecule has 2 amide bonds. The number of likely N-dealkylation sites (tertiary alicyclic amines) is 1. The molecule has 1 unspecified atom stereocenters. The van der Waals surface area contributed by atoms with Crippen LogP contribution in [0.3, 0.4) is 0 Å². The second kappa shape index (κ2) is 5.67. The van der Waals surface area contributed by atoms with E-state index in [0.717, 1.165) is 45.2 Å². The van der Waals surface area contributed by atoms with Crippen LogP contribution >= 0.6 is 0 Å². The molecule has 2 aliphatic rings. The van der Waals surface area contributed by atoms with Gasteiger partial charge in [0.2, 0.25) is 0 Å². The molecule has 0 bridgehead atoms. The summed E-state index contributed by atoms with van der Waals surface area (Å²) in [7, 11) is 0. The van der Waals surface area contributed by atoms with Gasteiger partial charge < -0.3 is 21.2 Å². The molecule has 1 saturated heterocycles. The van der Waals surface area contributed by atoms with Gasteiger partial charge in [0.1, 0.15) is 5.54 Å². The molecule has 2 fully saturated rings. The Balaban J connectivity index is 2.03. The van der Waals surface area contributed by atoms with Crippen molar-refractivity contribution >= 4 is 11.9 Å². The van der Waals surface area contributed by atoms with Crippen LogP contribution in [0.15, 0.2) is 5.16 Å². The number of amides is 2. The monoisotopic (exact) mass is 268 g/mol. The summed E-state index contributed by atoms with van der Waals surface area (Å²) < 4.78 is 0. The van der Waals surface area contributed by atoms with Crippen LogP contribution in [0, 0.1) is 5.92 Å². The molecule has 1 heterocycles. The molecule has 19 heavy (non-hydrogen) atoms. The Morgan fingerprint density at radius 1 is 1.42 bits per heavy atom. The Labute approximate surface area is 114 Å². The maximum absolute atomic E-state index is 12.3. The van der Waals surface area contributed by atoms with Crippen LogP contribution in [0.25, 0.3) is 0 Å². The number of nitrogens with two attached hydrogens (primary N) is 1. The number of nitrogens with one attached hydrogen (secondary N) is 1. The molecule has 0 aromatic heterocycles. The van der Waals surface area contributed by atoms with Crippen molar-refractivity contribution in [3.8, 4) is 0 Å². The molecule has 1 atom stereocenters. The molecular weight excluding hydrogens is 244 g/mol. The normalized spacial score (nSPS) is 27.3. The van der Waals surface area contributed by atoms with Crippen molar-refractivity contribution in [3.05, 3.63) is 0 Å². The van der Waals surface area contributed by atoms with Gasteiger partial charge in [-0.05, 0) is 31.6 Å². The summed E-state index contributed by atoms with van der Waals surface area (Å²) in [4.78, 5) is 14.2. The van der Waals surface area contributed by atoms with Crippen molar-refractivity contribution in [2.24, 2.45) is 16.8 Å². The quantitative estimate of drug-likeness (QED) is 0.307. The number of carbonyl (C=O) groups excluding carboxylic acids is 1. The van der Waals surface area contributed by atoms with Gasteiger partial charge in [-0.3, -0.25) is 0 Å². The fourth-order valence-corrected chi connectivity index (χ4v) is 3.18. The van der Waals surface area contributed by atoms with E-state index < -0.39 is 5.54 Å². The number of piperidine rings is 1. The Bertz CT molecular complexity index is 364. The molecule has 0 spiro atoms. The summed E-state index contributed by atoms with van der Waals surface area (Å²) >= 11 is 0. The van der Waals surface area contributed by atoms with Gasteiger partial charge in [-0.25, -0.2) is 4.79 Å². The van der Waals surface area contributed by atoms with E-state index in [4.69, 9.17) is 10.9 Å². The van der Waals surface area contributed by atoms with Crippen molar-refractivity contribution in [2.75, 3.05) is 13.1 Å². The Morgan fingerprint density at radius 2 is 2.11 bits per heavy atom. The molecule has 6 nitrogen and oxygen atoms in total. The van der Waals surface area contributed by atoms with Crippen molar-refractivity contribution in [1.29, 1.82) is 0 Å². The average molecular weight is 268 g/mol. The second-order valence-electron chi connectivity index (χ2n) is 5.90. The van der Waals surface area contributed by atoms with E-state index in [9.17, 15) is 4.79 Å². The molecule has 2 rings (SSSR count). The number of amidine groups is 1. The van der Waals surface area contributed by atoms with E-state index in [1.807, 2.05) is 4.90 Å². The highest BCUT2D eigenvalue weighted by Gasteiger charge is 2.41. The zero-order valence-electron chi connectivity index (χ0n) is 11.6. The lowest BCUT2D eigenvalue weighted by Crippen LogP contribution is -2.59. The van der Waals surface area contributed by atoms with Gasteiger partial charge in [0.25, 0.3) is 0 Å². The highest BCUT2D eigenvalue weighted by Crippen LogP contribution is 2.30. The van der Waals surface area contributed by atoms with E-state index in [1.165, 1.54) is 6.42 Å². The third kappa shape index (κ3) is 2.93. The number of oxime groups is 1. The SMILES string of the molecule is CC1CCCN(C(=O)NC2(C(N)=NO)CCCC2)C1. The number of nitrogens with zero attached hydrogens (tertiary/aromatic N) is 2. The number of carbonyl (C=O) groups is 1. The topological polar surface area (TPSA) is 91.0 Å². The third-order valence-electron chi connectivity index (χ3n) is 4.35. The predicted octanol–water partition coefficient (Wildman–Crippen LogP) is 1.49. The average Bonchev–Trinajstić information content (AvgIpc) is 2.87. The number of rotatable bonds is 2. The second-order valence-corrected chi connectivity index (χ2v) is 5.90. The van der Waals surface area contributed by atoms with Crippen LogP contribution in [-0.2, 0) is 0 Å². The first-order valence-electron chi connectivity index (χ1n) is 7.12. The fraction of sp³-hybridized carbons (Fsp3) is 0.846. The zero-order valence-corrected chi connectivity index (χ0v) is 11.6. The first-order chi connectivity index (χ1) is 9.07. The molecule has 4 N–H and O–H groups in total. The molecule has 108 valence electrons. The summed E-state index contributed by atoms with van der Waals surface area (Å²) in [5.41, 5.74) is 5.14. The van der Waals surface area contributed by atoms with Gasteiger partial charge >= 0.3 is 6.03 Å². The standard InChI is InChI=1S/C13H24N4O2/c1-10-5-4-8-17(9-10)12(18)15-13(11(14)16-19)6-2-3-7-13/h10,19H,2-9H2,1H3,(H2,14,16)(H,15,18). The Morgan fingerprint density at radius 3 is 2.68 bits per heavy atom. The largest absolute Gasteiger partial charge is 0.409 e. The zero-order chi connectivity index (χ0) is 13.9. The molecule has 0 aromatic carbocycles. The van der Waals surface area contributed by atoms with E-state index in [-0.39, 0.29) is 11.9 Å². The van der Waals surface area contributed by atoms with E-state index in [0.29, 0.717) is 5.92 Å². The number of hydrogen-bond donors (Lipinski definition) is 3. The Hall–Kier alpha value is -1.46. The van der Waals surface area contributed by atoms with Gasteiger partial charge in [-0.15, -0.1) is 0 Å². The first kappa shape index (κ1) is 14.0. The molecule has 1 saturated carbocycles. The van der Waals surface area contributed by atoms with E-state index in [2.05, 4.69) is 17.4 Å². The van der Waals surface area contributed by atoms with Crippen molar-refractivity contribution in [3.63, 3.8) is 0 Å². The van der Waals surface area contributed by atoms with Gasteiger partial charge in [-0.2, -0.15) is 0 Å². The van der Waals surface area contributed by atoms with Gasteiger partial charge in [0.05, 0.1) is 0 Å².